The molecule has 0 saturated heterocycles. The van der Waals surface area contributed by atoms with Crippen LogP contribution in [-0.4, -0.2) is 9.13 Å². The lowest BCUT2D eigenvalue weighted by atomic mass is 9.99. The zero-order valence-corrected chi connectivity index (χ0v) is 30.7. The fourth-order valence-electron chi connectivity index (χ4n) is 8.75. The van der Waals surface area contributed by atoms with Crippen molar-refractivity contribution in [3.63, 3.8) is 0 Å². The number of rotatable bonds is 5. The average Bonchev–Trinajstić information content (AvgIpc) is 3.93. The topological polar surface area (TPSA) is 23.0 Å². The Balaban J connectivity index is 1.09. The lowest BCUT2D eigenvalue weighted by molar-refractivity contribution is 0.669. The molecule has 0 aliphatic carbocycles. The van der Waals surface area contributed by atoms with Crippen LogP contribution < -0.4 is 0 Å². The van der Waals surface area contributed by atoms with Crippen LogP contribution >= 0.6 is 0 Å². The molecule has 0 unspecified atom stereocenters. The predicted octanol–water partition coefficient (Wildman–Crippen LogP) is 14.8. The Morgan fingerprint density at radius 1 is 0.316 bits per heavy atom. The van der Waals surface area contributed by atoms with Gasteiger partial charge in [-0.15, -0.1) is 0 Å². The molecule has 0 N–H and O–H groups in total. The van der Waals surface area contributed by atoms with Gasteiger partial charge in [-0.2, -0.15) is 0 Å². The molecule has 3 heteroatoms. The fraction of sp³-hybridized carbons (Fsp3) is 0. The molecule has 3 aromatic heterocycles. The number of hydrogen-bond acceptors (Lipinski definition) is 1. The Bertz CT molecular complexity index is 3690. The molecule has 266 valence electrons. The molecule has 0 atom stereocenters. The van der Waals surface area contributed by atoms with E-state index in [2.05, 4.69) is 106 Å². The number of aromatic nitrogens is 2. The van der Waals surface area contributed by atoms with E-state index in [0.29, 0.717) is 11.1 Å². The number of nitrogens with zero attached hydrogens (tertiary/aromatic N) is 2. The van der Waals surface area contributed by atoms with Gasteiger partial charge in [-0.25, -0.2) is 0 Å². The van der Waals surface area contributed by atoms with Crippen molar-refractivity contribution in [1.29, 1.82) is 0 Å². The van der Waals surface area contributed by atoms with Gasteiger partial charge >= 0.3 is 0 Å². The Hall–Kier alpha value is -7.62. The molecule has 0 bridgehead atoms. The van der Waals surface area contributed by atoms with Crippen molar-refractivity contribution in [3.8, 4) is 44.8 Å². The molecule has 0 fully saturated rings. The van der Waals surface area contributed by atoms with Crippen LogP contribution in [0.3, 0.4) is 0 Å². The standard InChI is InChI=1S/C54H34N2O/c1-3-12-35(13-4-1)37-16-11-17-41(30-37)56-51-28-24-39(32-47(51)44-26-22-40(33-52(44)56)36-14-5-2-6-15-36)38-23-27-50-46(31-38)43-18-7-9-20-49(43)55(50)42-25-29-54-48(34-42)45-19-8-10-21-53(45)57-54/h1-34H/i23D,24D,32D. The highest BCUT2D eigenvalue weighted by molar-refractivity contribution is 6.14. The summed E-state index contributed by atoms with van der Waals surface area (Å²) >= 11 is 0. The van der Waals surface area contributed by atoms with Gasteiger partial charge in [-0.05, 0) is 106 Å². The zero-order chi connectivity index (χ0) is 40.1. The van der Waals surface area contributed by atoms with Crippen molar-refractivity contribution in [2.75, 3.05) is 0 Å². The van der Waals surface area contributed by atoms with Crippen molar-refractivity contribution in [2.24, 2.45) is 0 Å². The number of furan rings is 1. The van der Waals surface area contributed by atoms with Gasteiger partial charge in [0.15, 0.2) is 0 Å². The van der Waals surface area contributed by atoms with Gasteiger partial charge in [0.25, 0.3) is 0 Å². The molecule has 3 heterocycles. The van der Waals surface area contributed by atoms with Crippen LogP contribution in [0.5, 0.6) is 0 Å². The van der Waals surface area contributed by atoms with Crippen LogP contribution in [0.15, 0.2) is 211 Å². The third kappa shape index (κ3) is 4.99. The molecule has 0 radical (unpaired) electrons. The van der Waals surface area contributed by atoms with Crippen LogP contribution in [0.4, 0.5) is 0 Å². The molecule has 0 spiro atoms. The minimum absolute atomic E-state index is 0.202. The fourth-order valence-corrected chi connectivity index (χ4v) is 8.75. The van der Waals surface area contributed by atoms with Crippen LogP contribution in [0.2, 0.25) is 0 Å². The minimum Gasteiger partial charge on any atom is -0.456 e. The molecule has 0 aliphatic heterocycles. The van der Waals surface area contributed by atoms with Gasteiger partial charge in [0.2, 0.25) is 0 Å². The van der Waals surface area contributed by atoms with E-state index in [9.17, 15) is 4.11 Å². The average molecular weight is 730 g/mol. The second kappa shape index (κ2) is 12.5. The zero-order valence-electron chi connectivity index (χ0n) is 33.7. The first-order valence-corrected chi connectivity index (χ1v) is 19.3. The SMILES string of the molecule is [2H]c1cc2c(cc1-c1c([2H])cc3c(c1[2H])c1ccc(-c4ccccc4)cc1n3-c1cccc(-c3ccccc3)c1)c1ccccc1n2-c1ccc2oc3ccccc3c2c1. The molecule has 12 aromatic rings. The van der Waals surface area contributed by atoms with Gasteiger partial charge in [0.05, 0.1) is 26.2 Å². The number of hydrogen-bond donors (Lipinski definition) is 0. The van der Waals surface area contributed by atoms with E-state index in [1.165, 1.54) is 0 Å². The molecular weight excluding hydrogens is 693 g/mol. The van der Waals surface area contributed by atoms with Crippen molar-refractivity contribution < 1.29 is 8.53 Å². The smallest absolute Gasteiger partial charge is 0.135 e. The van der Waals surface area contributed by atoms with Gasteiger partial charge in [0.1, 0.15) is 11.2 Å². The maximum Gasteiger partial charge on any atom is 0.135 e. The number of para-hydroxylation sites is 2. The van der Waals surface area contributed by atoms with Crippen molar-refractivity contribution >= 4 is 65.6 Å². The molecule has 12 rings (SSSR count). The van der Waals surface area contributed by atoms with E-state index in [1.807, 2.05) is 91.0 Å². The van der Waals surface area contributed by atoms with Crippen LogP contribution in [0.25, 0.3) is 110 Å². The van der Waals surface area contributed by atoms with Crippen LogP contribution in [0, 0.1) is 0 Å². The lowest BCUT2D eigenvalue weighted by Gasteiger charge is -2.12. The summed E-state index contributed by atoms with van der Waals surface area (Å²) in [6, 6.07) is 64.7. The lowest BCUT2D eigenvalue weighted by Crippen LogP contribution is -1.95. The number of benzene rings is 9. The highest BCUT2D eigenvalue weighted by Crippen LogP contribution is 2.40. The summed E-state index contributed by atoms with van der Waals surface area (Å²) in [6.07, 6.45) is 0. The molecule has 9 aromatic carbocycles. The Morgan fingerprint density at radius 2 is 0.912 bits per heavy atom. The molecule has 3 nitrogen and oxygen atoms in total. The third-order valence-corrected chi connectivity index (χ3v) is 11.4. The Morgan fingerprint density at radius 3 is 1.74 bits per heavy atom. The minimum atomic E-state index is 0.202. The molecular formula is C54H34N2O. The second-order valence-corrected chi connectivity index (χ2v) is 14.7. The van der Waals surface area contributed by atoms with Gasteiger partial charge in [-0.1, -0.05) is 133 Å². The maximum absolute atomic E-state index is 9.97. The summed E-state index contributed by atoms with van der Waals surface area (Å²) in [7, 11) is 0. The second-order valence-electron chi connectivity index (χ2n) is 14.7. The summed E-state index contributed by atoms with van der Waals surface area (Å²) in [5.41, 5.74) is 12.6. The largest absolute Gasteiger partial charge is 0.456 e. The summed E-state index contributed by atoms with van der Waals surface area (Å²) in [5.74, 6) is 0. The van der Waals surface area contributed by atoms with E-state index in [1.54, 1.807) is 0 Å². The van der Waals surface area contributed by atoms with Crippen LogP contribution in [0.1, 0.15) is 4.11 Å². The first-order chi connectivity index (χ1) is 29.5. The van der Waals surface area contributed by atoms with Crippen molar-refractivity contribution in [1.82, 2.24) is 9.13 Å². The molecule has 0 aliphatic rings. The summed E-state index contributed by atoms with van der Waals surface area (Å²) in [5, 5.41) is 5.76. The van der Waals surface area contributed by atoms with E-state index in [-0.39, 0.29) is 18.1 Å². The number of fused-ring (bicyclic) bond motifs is 9. The highest BCUT2D eigenvalue weighted by Gasteiger charge is 2.18. The van der Waals surface area contributed by atoms with Crippen molar-refractivity contribution in [2.45, 2.75) is 0 Å². The normalized spacial score (nSPS) is 12.6. The molecule has 57 heavy (non-hydrogen) atoms. The first-order valence-electron chi connectivity index (χ1n) is 20.8. The molecule has 0 amide bonds. The molecule has 0 saturated carbocycles. The summed E-state index contributed by atoms with van der Waals surface area (Å²) < 4.78 is 39.7. The van der Waals surface area contributed by atoms with Gasteiger partial charge in [-0.3, -0.25) is 0 Å². The summed E-state index contributed by atoms with van der Waals surface area (Å²) in [6.45, 7) is 0. The Labute approximate surface area is 333 Å². The Kier molecular flexibility index (Phi) is 6.29. The van der Waals surface area contributed by atoms with Crippen molar-refractivity contribution in [3.05, 3.63) is 206 Å². The predicted molar refractivity (Wildman–Crippen MR) is 239 cm³/mol. The van der Waals surface area contributed by atoms with Gasteiger partial charge < -0.3 is 13.6 Å². The van der Waals surface area contributed by atoms with Crippen LogP contribution in [-0.2, 0) is 0 Å². The monoisotopic (exact) mass is 729 g/mol. The van der Waals surface area contributed by atoms with E-state index in [0.717, 1.165) is 99.2 Å². The first kappa shape index (κ1) is 28.8. The summed E-state index contributed by atoms with van der Waals surface area (Å²) in [4.78, 5) is 0. The van der Waals surface area contributed by atoms with Gasteiger partial charge in [0, 0.05) is 43.7 Å². The van der Waals surface area contributed by atoms with E-state index in [4.69, 9.17) is 4.42 Å². The quantitative estimate of drug-likeness (QED) is 0.173. The van der Waals surface area contributed by atoms with E-state index >= 15 is 0 Å². The van der Waals surface area contributed by atoms with E-state index < -0.39 is 0 Å². The third-order valence-electron chi connectivity index (χ3n) is 11.4. The highest BCUT2D eigenvalue weighted by atomic mass is 16.3. The maximum atomic E-state index is 9.97.